The van der Waals surface area contributed by atoms with Crippen LogP contribution in [0.4, 0.5) is 4.79 Å². The number of carbonyl (C=O) groups excluding carboxylic acids is 1. The minimum Gasteiger partial charge on any atom is -0.481 e. The quantitative estimate of drug-likeness (QED) is 0.788. The molecule has 2 amide bonds. The summed E-state index contributed by atoms with van der Waals surface area (Å²) in [6.45, 7) is 7.66. The van der Waals surface area contributed by atoms with Gasteiger partial charge in [0.1, 0.15) is 0 Å². The van der Waals surface area contributed by atoms with Crippen LogP contribution in [0.5, 0.6) is 0 Å². The fraction of sp³-hybridized carbons (Fsp3) is 0.867. The molecule has 0 aromatic carbocycles. The van der Waals surface area contributed by atoms with Gasteiger partial charge < -0.3 is 15.3 Å². The van der Waals surface area contributed by atoms with Crippen molar-refractivity contribution in [3.05, 3.63) is 0 Å². The van der Waals surface area contributed by atoms with Crippen molar-refractivity contribution in [1.82, 2.24) is 10.2 Å². The summed E-state index contributed by atoms with van der Waals surface area (Å²) in [6, 6.07) is -0.146. The number of hydrogen-bond donors (Lipinski definition) is 2. The highest BCUT2D eigenvalue weighted by molar-refractivity contribution is 5.78. The molecule has 0 heterocycles. The molecule has 0 bridgehead atoms. The zero-order chi connectivity index (χ0) is 15.2. The van der Waals surface area contributed by atoms with E-state index in [4.69, 9.17) is 0 Å². The van der Waals surface area contributed by atoms with Crippen LogP contribution >= 0.6 is 0 Å². The van der Waals surface area contributed by atoms with Gasteiger partial charge in [-0.05, 0) is 25.7 Å². The molecule has 0 unspecified atom stereocenters. The number of nitrogens with zero attached hydrogens (tertiary/aromatic N) is 1. The van der Waals surface area contributed by atoms with E-state index in [0.29, 0.717) is 31.8 Å². The maximum Gasteiger partial charge on any atom is 0.317 e. The normalized spacial score (nSPS) is 17.8. The van der Waals surface area contributed by atoms with E-state index < -0.39 is 11.4 Å². The molecule has 20 heavy (non-hydrogen) atoms. The second-order valence-electron chi connectivity index (χ2n) is 6.24. The number of carbonyl (C=O) groups is 2. The van der Waals surface area contributed by atoms with Crippen LogP contribution in [0.3, 0.4) is 0 Å². The van der Waals surface area contributed by atoms with E-state index in [1.54, 1.807) is 4.90 Å². The van der Waals surface area contributed by atoms with Crippen LogP contribution in [0, 0.1) is 11.3 Å². The summed E-state index contributed by atoms with van der Waals surface area (Å²) in [6.07, 6.45) is 4.30. The maximum atomic E-state index is 12.1. The predicted octanol–water partition coefficient (Wildman–Crippen LogP) is 2.71. The molecular formula is C15H28N2O3. The van der Waals surface area contributed by atoms with Gasteiger partial charge in [0.15, 0.2) is 0 Å². The lowest BCUT2D eigenvalue weighted by molar-refractivity contribution is -0.150. The lowest BCUT2D eigenvalue weighted by Gasteiger charge is -2.34. The minimum absolute atomic E-state index is 0.146. The smallest absolute Gasteiger partial charge is 0.317 e. The van der Waals surface area contributed by atoms with Crippen LogP contribution in [-0.4, -0.2) is 41.6 Å². The van der Waals surface area contributed by atoms with Crippen molar-refractivity contribution in [3.8, 4) is 0 Å². The maximum absolute atomic E-state index is 12.1. The number of nitrogens with one attached hydrogen (secondary N) is 1. The van der Waals surface area contributed by atoms with Gasteiger partial charge in [0.25, 0.3) is 0 Å². The molecule has 1 aliphatic rings. The Hall–Kier alpha value is -1.26. The fourth-order valence-corrected chi connectivity index (χ4v) is 2.85. The number of urea groups is 1. The molecular weight excluding hydrogens is 256 g/mol. The van der Waals surface area contributed by atoms with Gasteiger partial charge in [-0.3, -0.25) is 4.79 Å². The van der Waals surface area contributed by atoms with E-state index >= 15 is 0 Å². The first-order chi connectivity index (χ1) is 9.41. The second-order valence-corrected chi connectivity index (χ2v) is 6.24. The van der Waals surface area contributed by atoms with Gasteiger partial charge in [-0.15, -0.1) is 0 Å². The van der Waals surface area contributed by atoms with Crippen molar-refractivity contribution in [1.29, 1.82) is 0 Å². The number of aliphatic carboxylic acids is 1. The van der Waals surface area contributed by atoms with Crippen molar-refractivity contribution in [3.63, 3.8) is 0 Å². The van der Waals surface area contributed by atoms with Gasteiger partial charge in [-0.1, -0.05) is 33.1 Å². The van der Waals surface area contributed by atoms with Gasteiger partial charge in [-0.25, -0.2) is 4.79 Å². The minimum atomic E-state index is -0.774. The van der Waals surface area contributed by atoms with E-state index in [1.165, 1.54) is 0 Å². The van der Waals surface area contributed by atoms with Gasteiger partial charge in [0.2, 0.25) is 0 Å². The van der Waals surface area contributed by atoms with E-state index in [0.717, 1.165) is 19.3 Å². The Kier molecular flexibility index (Phi) is 6.30. The van der Waals surface area contributed by atoms with Crippen LogP contribution < -0.4 is 5.32 Å². The Morgan fingerprint density at radius 3 is 2.30 bits per heavy atom. The molecule has 1 rings (SSSR count). The molecule has 116 valence electrons. The van der Waals surface area contributed by atoms with Crippen molar-refractivity contribution >= 4 is 12.0 Å². The van der Waals surface area contributed by atoms with Gasteiger partial charge in [0, 0.05) is 19.6 Å². The summed E-state index contributed by atoms with van der Waals surface area (Å²) in [4.78, 5) is 25.4. The van der Waals surface area contributed by atoms with Crippen LogP contribution in [-0.2, 0) is 4.79 Å². The Balaban J connectivity index is 2.58. The zero-order valence-corrected chi connectivity index (χ0v) is 12.9. The van der Waals surface area contributed by atoms with Crippen molar-refractivity contribution < 1.29 is 14.7 Å². The molecule has 5 nitrogen and oxygen atoms in total. The lowest BCUT2D eigenvalue weighted by atomic mass is 9.74. The van der Waals surface area contributed by atoms with E-state index in [1.807, 2.05) is 6.92 Å². The number of amides is 2. The molecule has 0 spiro atoms. The molecule has 5 heteroatoms. The summed E-state index contributed by atoms with van der Waals surface area (Å²) < 4.78 is 0. The third-order valence-electron chi connectivity index (χ3n) is 4.10. The molecule has 0 saturated heterocycles. The summed E-state index contributed by atoms with van der Waals surface area (Å²) in [5, 5.41) is 12.3. The molecule has 0 radical (unpaired) electrons. The van der Waals surface area contributed by atoms with Crippen molar-refractivity contribution in [2.24, 2.45) is 11.3 Å². The third kappa shape index (κ3) is 4.39. The molecule has 0 atom stereocenters. The second kappa shape index (κ2) is 7.50. The number of carboxylic acids is 1. The molecule has 0 aromatic heterocycles. The summed E-state index contributed by atoms with van der Waals surface area (Å²) in [5.41, 5.74) is -0.759. The fourth-order valence-electron chi connectivity index (χ4n) is 2.85. The highest BCUT2D eigenvalue weighted by Crippen LogP contribution is 2.36. The largest absolute Gasteiger partial charge is 0.481 e. The van der Waals surface area contributed by atoms with Crippen molar-refractivity contribution in [2.75, 3.05) is 19.6 Å². The zero-order valence-electron chi connectivity index (χ0n) is 12.9. The summed E-state index contributed by atoms with van der Waals surface area (Å²) in [7, 11) is 0. The average Bonchev–Trinajstić information content (AvgIpc) is 2.42. The SMILES string of the molecule is CCN(CC(C)C)C(=O)NCC1(C(=O)O)CCCCC1. The van der Waals surface area contributed by atoms with E-state index in [9.17, 15) is 14.7 Å². The molecule has 0 aliphatic heterocycles. The van der Waals surface area contributed by atoms with E-state index in [-0.39, 0.29) is 12.6 Å². The van der Waals surface area contributed by atoms with Gasteiger partial charge >= 0.3 is 12.0 Å². The first-order valence-corrected chi connectivity index (χ1v) is 7.67. The molecule has 1 fully saturated rings. The molecule has 1 saturated carbocycles. The third-order valence-corrected chi connectivity index (χ3v) is 4.10. The Morgan fingerprint density at radius 1 is 1.25 bits per heavy atom. The average molecular weight is 284 g/mol. The topological polar surface area (TPSA) is 69.6 Å². The highest BCUT2D eigenvalue weighted by atomic mass is 16.4. The summed E-state index contributed by atoms with van der Waals surface area (Å²) >= 11 is 0. The van der Waals surface area contributed by atoms with Crippen LogP contribution in [0.25, 0.3) is 0 Å². The van der Waals surface area contributed by atoms with Crippen molar-refractivity contribution in [2.45, 2.75) is 52.9 Å². The Morgan fingerprint density at radius 2 is 1.85 bits per heavy atom. The van der Waals surface area contributed by atoms with E-state index in [2.05, 4.69) is 19.2 Å². The van der Waals surface area contributed by atoms with Gasteiger partial charge in [0.05, 0.1) is 5.41 Å². The standard InChI is InChI=1S/C15H28N2O3/c1-4-17(10-12(2)3)14(20)16-11-15(13(18)19)8-6-5-7-9-15/h12H,4-11H2,1-3H3,(H,16,20)(H,18,19). The molecule has 1 aliphatic carbocycles. The summed E-state index contributed by atoms with van der Waals surface area (Å²) in [5.74, 6) is -0.367. The van der Waals surface area contributed by atoms with Crippen LogP contribution in [0.2, 0.25) is 0 Å². The first-order valence-electron chi connectivity index (χ1n) is 7.67. The lowest BCUT2D eigenvalue weighted by Crippen LogP contribution is -2.49. The number of hydrogen-bond acceptors (Lipinski definition) is 2. The Bertz CT molecular complexity index is 336. The molecule has 0 aromatic rings. The number of rotatable bonds is 6. The molecule has 2 N–H and O–H groups in total. The monoisotopic (exact) mass is 284 g/mol. The highest BCUT2D eigenvalue weighted by Gasteiger charge is 2.40. The first kappa shape index (κ1) is 16.8. The Labute approximate surface area is 121 Å². The predicted molar refractivity (Wildman–Crippen MR) is 78.6 cm³/mol. The van der Waals surface area contributed by atoms with Gasteiger partial charge in [-0.2, -0.15) is 0 Å². The number of carboxylic acid groups (broad SMARTS) is 1. The van der Waals surface area contributed by atoms with Crippen LogP contribution in [0.1, 0.15) is 52.9 Å². The van der Waals surface area contributed by atoms with Crippen LogP contribution in [0.15, 0.2) is 0 Å².